The van der Waals surface area contributed by atoms with Crippen LogP contribution in [0.4, 0.5) is 18.3 Å². The Bertz CT molecular complexity index is 516. The number of carboxylic acids is 1. The van der Waals surface area contributed by atoms with Crippen molar-refractivity contribution in [1.82, 2.24) is 9.36 Å². The lowest BCUT2D eigenvalue weighted by atomic mass is 9.76. The Morgan fingerprint density at radius 3 is 2.76 bits per heavy atom. The molecule has 1 N–H and O–H groups in total. The molecule has 118 valence electrons. The molecular weight excluding hydrogens is 307 g/mol. The van der Waals surface area contributed by atoms with Crippen molar-refractivity contribution in [3.05, 3.63) is 5.82 Å². The molecule has 21 heavy (non-hydrogen) atoms. The molecule has 1 atom stereocenters. The van der Waals surface area contributed by atoms with Crippen LogP contribution in [-0.2, 0) is 11.0 Å². The largest absolute Gasteiger partial charge is 0.481 e. The highest BCUT2D eigenvalue weighted by molar-refractivity contribution is 7.09. The predicted octanol–water partition coefficient (Wildman–Crippen LogP) is 3.03. The van der Waals surface area contributed by atoms with Crippen molar-refractivity contribution in [3.63, 3.8) is 0 Å². The monoisotopic (exact) mass is 323 g/mol. The zero-order chi connectivity index (χ0) is 15.7. The van der Waals surface area contributed by atoms with Gasteiger partial charge in [0.1, 0.15) is 0 Å². The van der Waals surface area contributed by atoms with E-state index in [1.54, 1.807) is 4.90 Å². The highest BCUT2D eigenvalue weighted by Crippen LogP contribution is 2.38. The quantitative estimate of drug-likeness (QED) is 0.922. The molecule has 1 aliphatic rings. The molecule has 0 spiro atoms. The molecule has 1 aromatic heterocycles. The lowest BCUT2D eigenvalue weighted by Gasteiger charge is -2.39. The number of nitrogens with zero attached hydrogens (tertiary/aromatic N) is 3. The summed E-state index contributed by atoms with van der Waals surface area (Å²) in [5.41, 5.74) is -0.906. The van der Waals surface area contributed by atoms with Crippen LogP contribution in [0.25, 0.3) is 0 Å². The summed E-state index contributed by atoms with van der Waals surface area (Å²) in [6.07, 6.45) is -2.20. The minimum absolute atomic E-state index is 0.142. The number of aliphatic carboxylic acids is 1. The van der Waals surface area contributed by atoms with E-state index in [1.807, 2.05) is 6.92 Å². The SMILES string of the molecule is CCCC1(C(=O)O)CCCN(c2nc(C(F)(F)F)ns2)C1. The Labute approximate surface area is 124 Å². The normalized spacial score (nSPS) is 23.3. The van der Waals surface area contributed by atoms with Gasteiger partial charge in [-0.2, -0.15) is 22.5 Å². The third-order valence-corrected chi connectivity index (χ3v) is 4.48. The molecule has 9 heteroatoms. The number of rotatable bonds is 4. The molecule has 1 fully saturated rings. The van der Waals surface area contributed by atoms with Gasteiger partial charge in [-0.15, -0.1) is 0 Å². The maximum Gasteiger partial charge on any atom is 0.452 e. The van der Waals surface area contributed by atoms with Crippen LogP contribution in [0.15, 0.2) is 0 Å². The summed E-state index contributed by atoms with van der Waals surface area (Å²) in [6, 6.07) is 0. The van der Waals surface area contributed by atoms with Gasteiger partial charge in [-0.1, -0.05) is 13.3 Å². The van der Waals surface area contributed by atoms with Gasteiger partial charge in [0, 0.05) is 24.6 Å². The highest BCUT2D eigenvalue weighted by atomic mass is 32.1. The molecule has 2 heterocycles. The van der Waals surface area contributed by atoms with E-state index in [0.717, 1.165) is 0 Å². The number of alkyl halides is 3. The second-order valence-corrected chi connectivity index (χ2v) is 5.99. The van der Waals surface area contributed by atoms with E-state index in [1.165, 1.54) is 0 Å². The molecule has 2 rings (SSSR count). The molecule has 0 aromatic carbocycles. The summed E-state index contributed by atoms with van der Waals surface area (Å²) in [6.45, 7) is 2.59. The predicted molar refractivity (Wildman–Crippen MR) is 71.3 cm³/mol. The topological polar surface area (TPSA) is 66.3 Å². The molecule has 1 saturated heterocycles. The maximum atomic E-state index is 12.5. The van der Waals surface area contributed by atoms with Crippen molar-refractivity contribution in [2.75, 3.05) is 18.0 Å². The van der Waals surface area contributed by atoms with Gasteiger partial charge in [-0.05, 0) is 19.3 Å². The second-order valence-electron chi connectivity index (χ2n) is 5.26. The van der Waals surface area contributed by atoms with E-state index in [-0.39, 0.29) is 11.7 Å². The standard InChI is InChI=1S/C12H16F3N3O2S/c1-2-4-11(9(19)20)5-3-6-18(7-11)10-16-8(17-21-10)12(13,14)15/h2-7H2,1H3,(H,19,20). The lowest BCUT2D eigenvalue weighted by molar-refractivity contribution is -0.150. The summed E-state index contributed by atoms with van der Waals surface area (Å²) < 4.78 is 40.9. The summed E-state index contributed by atoms with van der Waals surface area (Å²) in [5, 5.41) is 9.62. The fourth-order valence-corrected chi connectivity index (χ4v) is 3.43. The van der Waals surface area contributed by atoms with Crippen LogP contribution in [0.3, 0.4) is 0 Å². The molecule has 0 aliphatic carbocycles. The first-order chi connectivity index (χ1) is 9.78. The first-order valence-electron chi connectivity index (χ1n) is 6.68. The van der Waals surface area contributed by atoms with Crippen molar-refractivity contribution >= 4 is 22.6 Å². The minimum Gasteiger partial charge on any atom is -0.481 e. The average molecular weight is 323 g/mol. The molecule has 0 bridgehead atoms. The highest BCUT2D eigenvalue weighted by Gasteiger charge is 2.43. The number of carbonyl (C=O) groups is 1. The summed E-state index contributed by atoms with van der Waals surface area (Å²) in [5.74, 6) is -2.06. The van der Waals surface area contributed by atoms with E-state index >= 15 is 0 Å². The molecule has 1 unspecified atom stereocenters. The Morgan fingerprint density at radius 2 is 2.24 bits per heavy atom. The third kappa shape index (κ3) is 3.28. The number of hydrogen-bond donors (Lipinski definition) is 1. The molecule has 1 aromatic rings. The zero-order valence-electron chi connectivity index (χ0n) is 11.5. The number of piperidine rings is 1. The smallest absolute Gasteiger partial charge is 0.452 e. The molecule has 0 amide bonds. The number of carboxylic acid groups (broad SMARTS) is 1. The third-order valence-electron chi connectivity index (χ3n) is 3.70. The fraction of sp³-hybridized carbons (Fsp3) is 0.750. The van der Waals surface area contributed by atoms with E-state index in [4.69, 9.17) is 0 Å². The number of halogens is 3. The summed E-state index contributed by atoms with van der Waals surface area (Å²) in [7, 11) is 0. The Hall–Kier alpha value is -1.38. The van der Waals surface area contributed by atoms with Crippen LogP contribution >= 0.6 is 11.5 Å². The van der Waals surface area contributed by atoms with Gasteiger partial charge in [0.05, 0.1) is 5.41 Å². The van der Waals surface area contributed by atoms with Crippen LogP contribution in [0.1, 0.15) is 38.4 Å². The van der Waals surface area contributed by atoms with Gasteiger partial charge in [-0.3, -0.25) is 4.79 Å². The molecule has 5 nitrogen and oxygen atoms in total. The summed E-state index contributed by atoms with van der Waals surface area (Å²) in [4.78, 5) is 16.7. The van der Waals surface area contributed by atoms with Crippen molar-refractivity contribution in [2.45, 2.75) is 38.8 Å². The molecular formula is C12H16F3N3O2S. The maximum absolute atomic E-state index is 12.5. The first-order valence-corrected chi connectivity index (χ1v) is 7.45. The van der Waals surface area contributed by atoms with Crippen LogP contribution in [-0.4, -0.2) is 33.5 Å². The van der Waals surface area contributed by atoms with Crippen molar-refractivity contribution in [1.29, 1.82) is 0 Å². The molecule has 0 radical (unpaired) electrons. The lowest BCUT2D eigenvalue weighted by Crippen LogP contribution is -2.48. The van der Waals surface area contributed by atoms with Gasteiger partial charge in [0.25, 0.3) is 0 Å². The van der Waals surface area contributed by atoms with Gasteiger partial charge in [-0.25, -0.2) is 0 Å². The fourth-order valence-electron chi connectivity index (χ4n) is 2.72. The molecule has 1 aliphatic heterocycles. The van der Waals surface area contributed by atoms with Crippen LogP contribution in [0.5, 0.6) is 0 Å². The van der Waals surface area contributed by atoms with Crippen molar-refractivity contribution in [2.24, 2.45) is 5.41 Å². The van der Waals surface area contributed by atoms with Crippen molar-refractivity contribution in [3.8, 4) is 0 Å². The second kappa shape index (κ2) is 5.78. The van der Waals surface area contributed by atoms with Gasteiger partial charge < -0.3 is 10.0 Å². The van der Waals surface area contributed by atoms with E-state index in [2.05, 4.69) is 9.36 Å². The van der Waals surface area contributed by atoms with E-state index in [0.29, 0.717) is 43.8 Å². The van der Waals surface area contributed by atoms with Gasteiger partial charge in [0.2, 0.25) is 11.0 Å². The van der Waals surface area contributed by atoms with Gasteiger partial charge in [0.15, 0.2) is 0 Å². The molecule has 0 saturated carbocycles. The Kier molecular flexibility index (Phi) is 4.40. The Balaban J connectivity index is 2.21. The van der Waals surface area contributed by atoms with Gasteiger partial charge >= 0.3 is 12.1 Å². The average Bonchev–Trinajstić information content (AvgIpc) is 2.88. The Morgan fingerprint density at radius 1 is 1.52 bits per heavy atom. The van der Waals surface area contributed by atoms with E-state index < -0.39 is 23.4 Å². The van der Waals surface area contributed by atoms with Crippen LogP contribution < -0.4 is 4.90 Å². The summed E-state index contributed by atoms with van der Waals surface area (Å²) >= 11 is 0.665. The van der Waals surface area contributed by atoms with Crippen LogP contribution in [0, 0.1) is 5.41 Å². The van der Waals surface area contributed by atoms with E-state index in [9.17, 15) is 23.1 Å². The van der Waals surface area contributed by atoms with Crippen LogP contribution in [0.2, 0.25) is 0 Å². The van der Waals surface area contributed by atoms with Crippen molar-refractivity contribution < 1.29 is 23.1 Å². The number of hydrogen-bond acceptors (Lipinski definition) is 5. The first kappa shape index (κ1) is 16.0. The zero-order valence-corrected chi connectivity index (χ0v) is 12.3. The number of anilines is 1. The number of aromatic nitrogens is 2. The minimum atomic E-state index is -4.57.